The van der Waals surface area contributed by atoms with Gasteiger partial charge in [-0.3, -0.25) is 9.78 Å². The highest BCUT2D eigenvalue weighted by atomic mass is 32.1. The minimum atomic E-state index is -0.932. The van der Waals surface area contributed by atoms with Crippen LogP contribution in [0.3, 0.4) is 0 Å². The predicted octanol–water partition coefficient (Wildman–Crippen LogP) is 4.74. The summed E-state index contributed by atoms with van der Waals surface area (Å²) in [6.45, 7) is 8.51. The summed E-state index contributed by atoms with van der Waals surface area (Å²) >= 11 is 1.47. The molecular weight excluding hydrogens is 398 g/mol. The summed E-state index contributed by atoms with van der Waals surface area (Å²) in [5.41, 5.74) is 2.15. The highest BCUT2D eigenvalue weighted by Crippen LogP contribution is 2.44. The molecule has 1 N–H and O–H groups in total. The van der Waals surface area contributed by atoms with Crippen molar-refractivity contribution in [2.24, 2.45) is 11.3 Å². The Morgan fingerprint density at radius 3 is 2.67 bits per heavy atom. The van der Waals surface area contributed by atoms with Crippen LogP contribution in [0.1, 0.15) is 66.9 Å². The molecule has 2 aromatic rings. The number of thiophene rings is 1. The Hall–Kier alpha value is -2.72. The third-order valence-electron chi connectivity index (χ3n) is 5.67. The average molecular weight is 426 g/mol. The normalized spacial score (nSPS) is 16.8. The molecule has 0 radical (unpaired) electrons. The number of ether oxygens (including phenoxy) is 1. The van der Waals surface area contributed by atoms with Gasteiger partial charge in [-0.05, 0) is 54.7 Å². The number of hydrogen-bond acceptors (Lipinski definition) is 6. The van der Waals surface area contributed by atoms with E-state index >= 15 is 0 Å². The lowest BCUT2D eigenvalue weighted by molar-refractivity contribution is -0.124. The van der Waals surface area contributed by atoms with Crippen molar-refractivity contribution in [3.63, 3.8) is 0 Å². The van der Waals surface area contributed by atoms with Gasteiger partial charge >= 0.3 is 5.97 Å². The van der Waals surface area contributed by atoms with Crippen molar-refractivity contribution in [3.05, 3.63) is 46.1 Å². The highest BCUT2D eigenvalue weighted by molar-refractivity contribution is 7.16. The van der Waals surface area contributed by atoms with Crippen LogP contribution in [0.5, 0.6) is 0 Å². The topological polar surface area (TPSA) is 92.1 Å². The highest BCUT2D eigenvalue weighted by Gasteiger charge is 2.33. The Labute approximate surface area is 181 Å². The molecule has 1 amide bonds. The molecule has 3 rings (SSSR count). The summed E-state index contributed by atoms with van der Waals surface area (Å²) < 4.78 is 5.40. The lowest BCUT2D eigenvalue weighted by atomic mass is 9.72. The summed E-state index contributed by atoms with van der Waals surface area (Å²) in [4.78, 5) is 30.2. The number of carbonyl (C=O) groups excluding carboxylic acids is 2. The molecular formula is C23H27N3O3S. The zero-order chi connectivity index (χ0) is 21.9. The number of esters is 1. The maximum absolute atomic E-state index is 12.8. The van der Waals surface area contributed by atoms with E-state index in [0.717, 1.165) is 24.8 Å². The van der Waals surface area contributed by atoms with Gasteiger partial charge in [-0.25, -0.2) is 4.79 Å². The standard InChI is InChI=1S/C23H27N3O3S/c1-5-18(29-22(28)14-8-10-25-11-9-14)20(27)26-21-17(13-24)16-7-6-15(23(2,3)4)12-19(16)30-21/h8-11,15,18H,5-7,12H2,1-4H3,(H,26,27). The number of fused-ring (bicyclic) bond motifs is 1. The molecule has 1 aliphatic rings. The summed E-state index contributed by atoms with van der Waals surface area (Å²) in [5, 5.41) is 13.1. The Morgan fingerprint density at radius 1 is 1.37 bits per heavy atom. The molecule has 0 saturated carbocycles. The maximum atomic E-state index is 12.8. The average Bonchev–Trinajstić information content (AvgIpc) is 3.07. The SMILES string of the molecule is CCC(OC(=O)c1ccncc1)C(=O)Nc1sc2c(c1C#N)CCC(C(C)(C)C)C2. The lowest BCUT2D eigenvalue weighted by Gasteiger charge is -2.33. The fourth-order valence-corrected chi connectivity index (χ4v) is 5.01. The predicted molar refractivity (Wildman–Crippen MR) is 116 cm³/mol. The first-order valence-corrected chi connectivity index (χ1v) is 11.0. The van der Waals surface area contributed by atoms with Crippen LogP contribution in [0.15, 0.2) is 24.5 Å². The number of amides is 1. The number of nitriles is 1. The Bertz CT molecular complexity index is 970. The van der Waals surface area contributed by atoms with Crippen molar-refractivity contribution >= 4 is 28.2 Å². The van der Waals surface area contributed by atoms with Crippen LogP contribution in [0.4, 0.5) is 5.00 Å². The van der Waals surface area contributed by atoms with Gasteiger partial charge in [0.05, 0.1) is 11.1 Å². The maximum Gasteiger partial charge on any atom is 0.339 e. The number of nitrogens with zero attached hydrogens (tertiary/aromatic N) is 2. The van der Waals surface area contributed by atoms with Gasteiger partial charge in [0.2, 0.25) is 0 Å². The van der Waals surface area contributed by atoms with E-state index in [1.54, 1.807) is 19.1 Å². The minimum Gasteiger partial charge on any atom is -0.449 e. The van der Waals surface area contributed by atoms with E-state index < -0.39 is 18.0 Å². The second kappa shape index (κ2) is 8.97. The van der Waals surface area contributed by atoms with E-state index in [9.17, 15) is 14.9 Å². The summed E-state index contributed by atoms with van der Waals surface area (Å²) in [6.07, 6.45) is 5.20. The second-order valence-corrected chi connectivity index (χ2v) is 9.76. The first-order valence-electron chi connectivity index (χ1n) is 10.2. The number of hydrogen-bond donors (Lipinski definition) is 1. The van der Waals surface area contributed by atoms with Crippen molar-refractivity contribution in [2.45, 2.75) is 59.5 Å². The molecule has 0 fully saturated rings. The van der Waals surface area contributed by atoms with Crippen LogP contribution in [0.2, 0.25) is 0 Å². The van der Waals surface area contributed by atoms with Gasteiger partial charge in [-0.2, -0.15) is 5.26 Å². The van der Waals surface area contributed by atoms with Crippen molar-refractivity contribution in [3.8, 4) is 6.07 Å². The van der Waals surface area contributed by atoms with Gasteiger partial charge in [0.1, 0.15) is 11.1 Å². The van der Waals surface area contributed by atoms with E-state index in [4.69, 9.17) is 4.74 Å². The molecule has 6 nitrogen and oxygen atoms in total. The minimum absolute atomic E-state index is 0.201. The van der Waals surface area contributed by atoms with E-state index in [1.807, 2.05) is 0 Å². The van der Waals surface area contributed by atoms with E-state index in [-0.39, 0.29) is 5.41 Å². The monoisotopic (exact) mass is 425 g/mol. The van der Waals surface area contributed by atoms with Crippen LogP contribution >= 0.6 is 11.3 Å². The number of aromatic nitrogens is 1. The molecule has 0 bridgehead atoms. The molecule has 0 aliphatic heterocycles. The Kier molecular flexibility index (Phi) is 6.57. The smallest absolute Gasteiger partial charge is 0.339 e. The summed E-state index contributed by atoms with van der Waals surface area (Å²) in [7, 11) is 0. The molecule has 2 unspecified atom stereocenters. The van der Waals surface area contributed by atoms with E-state index in [2.05, 4.69) is 37.1 Å². The molecule has 30 heavy (non-hydrogen) atoms. The molecule has 0 saturated heterocycles. The lowest BCUT2D eigenvalue weighted by Crippen LogP contribution is -2.32. The quantitative estimate of drug-likeness (QED) is 0.699. The van der Waals surface area contributed by atoms with Crippen molar-refractivity contribution in [1.82, 2.24) is 4.98 Å². The van der Waals surface area contributed by atoms with Crippen LogP contribution in [0, 0.1) is 22.7 Å². The Balaban J connectivity index is 1.75. The van der Waals surface area contributed by atoms with Gasteiger partial charge in [-0.15, -0.1) is 11.3 Å². The van der Waals surface area contributed by atoms with Gasteiger partial charge in [-0.1, -0.05) is 27.7 Å². The molecule has 2 aromatic heterocycles. The molecule has 2 atom stereocenters. The Morgan fingerprint density at radius 2 is 2.07 bits per heavy atom. The molecule has 7 heteroatoms. The van der Waals surface area contributed by atoms with Crippen LogP contribution in [0.25, 0.3) is 0 Å². The second-order valence-electron chi connectivity index (χ2n) is 8.65. The fourth-order valence-electron chi connectivity index (χ4n) is 3.73. The first kappa shape index (κ1) is 22.0. The molecule has 2 heterocycles. The molecule has 158 valence electrons. The van der Waals surface area contributed by atoms with Crippen molar-refractivity contribution in [1.29, 1.82) is 5.26 Å². The number of pyridine rings is 1. The first-order chi connectivity index (χ1) is 14.2. The van der Waals surface area contributed by atoms with E-state index in [0.29, 0.717) is 28.5 Å². The molecule has 0 aromatic carbocycles. The van der Waals surface area contributed by atoms with Crippen molar-refractivity contribution in [2.75, 3.05) is 5.32 Å². The zero-order valence-electron chi connectivity index (χ0n) is 17.8. The zero-order valence-corrected chi connectivity index (χ0v) is 18.6. The van der Waals surface area contributed by atoms with Gasteiger partial charge in [0.25, 0.3) is 5.91 Å². The largest absolute Gasteiger partial charge is 0.449 e. The van der Waals surface area contributed by atoms with Gasteiger partial charge in [0, 0.05) is 17.3 Å². The third kappa shape index (κ3) is 4.71. The van der Waals surface area contributed by atoms with E-state index in [1.165, 1.54) is 28.6 Å². The van der Waals surface area contributed by atoms with Crippen LogP contribution < -0.4 is 5.32 Å². The molecule has 1 aliphatic carbocycles. The van der Waals surface area contributed by atoms with Gasteiger partial charge in [0.15, 0.2) is 6.10 Å². The summed E-state index contributed by atoms with van der Waals surface area (Å²) in [5.74, 6) is -0.441. The summed E-state index contributed by atoms with van der Waals surface area (Å²) in [6, 6.07) is 5.35. The third-order valence-corrected chi connectivity index (χ3v) is 6.84. The number of carbonyl (C=O) groups is 2. The van der Waals surface area contributed by atoms with Crippen LogP contribution in [-0.2, 0) is 22.4 Å². The van der Waals surface area contributed by atoms with Crippen LogP contribution in [-0.4, -0.2) is 23.0 Å². The fraction of sp³-hybridized carbons (Fsp3) is 0.478. The van der Waals surface area contributed by atoms with Crippen molar-refractivity contribution < 1.29 is 14.3 Å². The molecule has 0 spiro atoms. The van der Waals surface area contributed by atoms with Gasteiger partial charge < -0.3 is 10.1 Å². The number of anilines is 1. The number of nitrogens with one attached hydrogen (secondary N) is 1. The number of rotatable bonds is 5.